The van der Waals surface area contributed by atoms with Crippen molar-refractivity contribution in [2.24, 2.45) is 4.99 Å². The summed E-state index contributed by atoms with van der Waals surface area (Å²) in [5.41, 5.74) is 2.40. The van der Waals surface area contributed by atoms with E-state index in [1.165, 1.54) is 0 Å². The number of carbonyl (C=O) groups excluding carboxylic acids is 1. The van der Waals surface area contributed by atoms with E-state index in [2.05, 4.69) is 20.9 Å². The van der Waals surface area contributed by atoms with Gasteiger partial charge in [-0.15, -0.1) is 24.0 Å². The van der Waals surface area contributed by atoms with Crippen LogP contribution in [0.25, 0.3) is 0 Å². The Morgan fingerprint density at radius 2 is 1.72 bits per heavy atom. The van der Waals surface area contributed by atoms with Gasteiger partial charge in [0.2, 0.25) is 0 Å². The molecule has 0 aliphatic carbocycles. The smallest absolute Gasteiger partial charge is 0.251 e. The summed E-state index contributed by atoms with van der Waals surface area (Å²) in [6.07, 6.45) is -0.621. The van der Waals surface area contributed by atoms with Gasteiger partial charge in [0.25, 0.3) is 5.91 Å². The molecular weight excluding hydrogens is 519 g/mol. The topological polar surface area (TPSA) is 95.0 Å². The molecule has 2 rings (SSSR count). The van der Waals surface area contributed by atoms with Crippen molar-refractivity contribution in [2.75, 3.05) is 19.6 Å². The van der Waals surface area contributed by atoms with Crippen molar-refractivity contribution in [1.82, 2.24) is 16.0 Å². The molecule has 0 heterocycles. The van der Waals surface area contributed by atoms with Gasteiger partial charge in [-0.3, -0.25) is 4.79 Å². The lowest BCUT2D eigenvalue weighted by Gasteiger charge is -2.17. The molecular formula is C24H35IN4O3. The first-order valence-electron chi connectivity index (χ1n) is 10.8. The zero-order valence-corrected chi connectivity index (χ0v) is 21.6. The quantitative estimate of drug-likeness (QED) is 0.205. The summed E-state index contributed by atoms with van der Waals surface area (Å²) >= 11 is 0. The van der Waals surface area contributed by atoms with Crippen LogP contribution in [0.5, 0.6) is 5.75 Å². The summed E-state index contributed by atoms with van der Waals surface area (Å²) in [5, 5.41) is 19.7. The standard InChI is InChI=1S/C24H34N4O3.HI/c1-5-25-23(30)19-12-10-18(11-13-19)15-27-24(26-6-2)28-16-22(29)20-8-7-9-21(14-20)31-17(3)4;/h7-14,17,22,29H,5-6,15-16H2,1-4H3,(H,25,30)(H2,26,27,28);1H. The third-order valence-electron chi connectivity index (χ3n) is 4.39. The van der Waals surface area contributed by atoms with Crippen molar-refractivity contribution in [3.63, 3.8) is 0 Å². The highest BCUT2D eigenvalue weighted by atomic mass is 127. The van der Waals surface area contributed by atoms with E-state index in [-0.39, 0.29) is 36.0 Å². The summed E-state index contributed by atoms with van der Waals surface area (Å²) in [4.78, 5) is 16.4. The SMILES string of the molecule is CCNC(=O)c1ccc(CN=C(NCC)NCC(O)c2cccc(OC(C)C)c2)cc1.I. The predicted molar refractivity (Wildman–Crippen MR) is 140 cm³/mol. The van der Waals surface area contributed by atoms with Crippen LogP contribution in [-0.4, -0.2) is 42.7 Å². The van der Waals surface area contributed by atoms with Gasteiger partial charge in [-0.1, -0.05) is 24.3 Å². The molecule has 0 saturated carbocycles. The van der Waals surface area contributed by atoms with Gasteiger partial charge in [0, 0.05) is 25.2 Å². The fraction of sp³-hybridized carbons (Fsp3) is 0.417. The van der Waals surface area contributed by atoms with Gasteiger partial charge in [-0.2, -0.15) is 0 Å². The van der Waals surface area contributed by atoms with E-state index in [1.807, 2.05) is 64.1 Å². The lowest BCUT2D eigenvalue weighted by atomic mass is 10.1. The molecule has 0 bridgehead atoms. The van der Waals surface area contributed by atoms with Crippen LogP contribution in [0.3, 0.4) is 0 Å². The van der Waals surface area contributed by atoms with Crippen LogP contribution >= 0.6 is 24.0 Å². The van der Waals surface area contributed by atoms with E-state index in [1.54, 1.807) is 12.1 Å². The van der Waals surface area contributed by atoms with Crippen molar-refractivity contribution >= 4 is 35.8 Å². The summed E-state index contributed by atoms with van der Waals surface area (Å²) in [6, 6.07) is 14.9. The Hall–Kier alpha value is -2.33. The summed E-state index contributed by atoms with van der Waals surface area (Å²) in [6.45, 7) is 9.89. The number of aliphatic imine (C=N–C) groups is 1. The van der Waals surface area contributed by atoms with Crippen molar-refractivity contribution in [2.45, 2.75) is 46.4 Å². The number of halogens is 1. The first-order chi connectivity index (χ1) is 14.9. The van der Waals surface area contributed by atoms with Crippen LogP contribution < -0.4 is 20.7 Å². The molecule has 0 saturated heterocycles. The number of aliphatic hydroxyl groups is 1. The third kappa shape index (κ3) is 9.44. The van der Waals surface area contributed by atoms with E-state index in [0.29, 0.717) is 37.7 Å². The average molecular weight is 554 g/mol. The van der Waals surface area contributed by atoms with E-state index in [0.717, 1.165) is 16.9 Å². The van der Waals surface area contributed by atoms with Crippen LogP contribution in [0, 0.1) is 0 Å². The number of benzene rings is 2. The largest absolute Gasteiger partial charge is 0.491 e. The maximum Gasteiger partial charge on any atom is 0.251 e. The van der Waals surface area contributed by atoms with Gasteiger partial charge in [0.15, 0.2) is 5.96 Å². The molecule has 4 N–H and O–H groups in total. The molecule has 1 atom stereocenters. The van der Waals surface area contributed by atoms with Gasteiger partial charge < -0.3 is 25.8 Å². The number of nitrogens with zero attached hydrogens (tertiary/aromatic N) is 1. The second-order valence-electron chi connectivity index (χ2n) is 7.39. The molecule has 2 aromatic rings. The molecule has 0 aliphatic heterocycles. The van der Waals surface area contributed by atoms with Crippen LogP contribution in [-0.2, 0) is 6.54 Å². The first kappa shape index (κ1) is 27.7. The number of amides is 1. The summed E-state index contributed by atoms with van der Waals surface area (Å²) in [7, 11) is 0. The normalized spacial score (nSPS) is 12.0. The molecule has 7 nitrogen and oxygen atoms in total. The highest BCUT2D eigenvalue weighted by molar-refractivity contribution is 14.0. The van der Waals surface area contributed by atoms with Gasteiger partial charge in [0.05, 0.1) is 18.8 Å². The Kier molecular flexibility index (Phi) is 12.7. The number of rotatable bonds is 10. The monoisotopic (exact) mass is 554 g/mol. The van der Waals surface area contributed by atoms with Crippen molar-refractivity contribution in [3.8, 4) is 5.75 Å². The lowest BCUT2D eigenvalue weighted by molar-refractivity contribution is 0.0956. The predicted octanol–water partition coefficient (Wildman–Crippen LogP) is 3.63. The fourth-order valence-corrected chi connectivity index (χ4v) is 2.91. The third-order valence-corrected chi connectivity index (χ3v) is 4.39. The molecule has 1 unspecified atom stereocenters. The number of carbonyl (C=O) groups is 1. The van der Waals surface area contributed by atoms with E-state index >= 15 is 0 Å². The van der Waals surface area contributed by atoms with E-state index in [9.17, 15) is 9.90 Å². The van der Waals surface area contributed by atoms with Crippen LogP contribution in [0.15, 0.2) is 53.5 Å². The van der Waals surface area contributed by atoms with Gasteiger partial charge in [0.1, 0.15) is 5.75 Å². The highest BCUT2D eigenvalue weighted by Crippen LogP contribution is 2.20. The number of guanidine groups is 1. The second-order valence-corrected chi connectivity index (χ2v) is 7.39. The Labute approximate surface area is 208 Å². The van der Waals surface area contributed by atoms with Crippen LogP contribution in [0.2, 0.25) is 0 Å². The molecule has 0 spiro atoms. The Bertz CT molecular complexity index is 857. The minimum absolute atomic E-state index is 0. The molecule has 0 radical (unpaired) electrons. The number of hydrogen-bond donors (Lipinski definition) is 4. The zero-order valence-electron chi connectivity index (χ0n) is 19.2. The molecule has 2 aromatic carbocycles. The summed E-state index contributed by atoms with van der Waals surface area (Å²) < 4.78 is 5.70. The molecule has 176 valence electrons. The zero-order chi connectivity index (χ0) is 22.6. The van der Waals surface area contributed by atoms with Gasteiger partial charge in [-0.05, 0) is 63.1 Å². The number of nitrogens with one attached hydrogen (secondary N) is 3. The van der Waals surface area contributed by atoms with Crippen LogP contribution in [0.1, 0.15) is 55.3 Å². The van der Waals surface area contributed by atoms with Gasteiger partial charge in [-0.25, -0.2) is 4.99 Å². The molecule has 32 heavy (non-hydrogen) atoms. The molecule has 0 aliphatic rings. The highest BCUT2D eigenvalue weighted by Gasteiger charge is 2.10. The number of aliphatic hydroxyl groups excluding tert-OH is 1. The molecule has 0 aromatic heterocycles. The minimum atomic E-state index is -0.698. The maximum atomic E-state index is 11.9. The second kappa shape index (κ2) is 14.7. The fourth-order valence-electron chi connectivity index (χ4n) is 2.91. The maximum absolute atomic E-state index is 11.9. The Balaban J connectivity index is 0.00000512. The first-order valence-corrected chi connectivity index (χ1v) is 10.8. The van der Waals surface area contributed by atoms with Crippen molar-refractivity contribution in [1.29, 1.82) is 0 Å². The molecule has 0 fully saturated rings. The van der Waals surface area contributed by atoms with Crippen molar-refractivity contribution in [3.05, 3.63) is 65.2 Å². The van der Waals surface area contributed by atoms with E-state index < -0.39 is 6.10 Å². The van der Waals surface area contributed by atoms with E-state index in [4.69, 9.17) is 4.74 Å². The average Bonchev–Trinajstić information content (AvgIpc) is 2.75. The number of hydrogen-bond acceptors (Lipinski definition) is 4. The molecule has 1 amide bonds. The Morgan fingerprint density at radius 3 is 2.34 bits per heavy atom. The minimum Gasteiger partial charge on any atom is -0.491 e. The van der Waals surface area contributed by atoms with Gasteiger partial charge >= 0.3 is 0 Å². The summed E-state index contributed by atoms with van der Waals surface area (Å²) in [5.74, 6) is 1.27. The van der Waals surface area contributed by atoms with Crippen molar-refractivity contribution < 1.29 is 14.6 Å². The Morgan fingerprint density at radius 1 is 1.03 bits per heavy atom. The number of ether oxygens (including phenoxy) is 1. The van der Waals surface area contributed by atoms with Crippen LogP contribution in [0.4, 0.5) is 0 Å². The lowest BCUT2D eigenvalue weighted by Crippen LogP contribution is -2.39. The molecule has 8 heteroatoms.